The highest BCUT2D eigenvalue weighted by molar-refractivity contribution is 6.30. The van der Waals surface area contributed by atoms with E-state index in [1.165, 1.54) is 30.3 Å². The van der Waals surface area contributed by atoms with Gasteiger partial charge in [0.1, 0.15) is 12.2 Å². The van der Waals surface area contributed by atoms with Crippen molar-refractivity contribution >= 4 is 52.8 Å². The highest BCUT2D eigenvalue weighted by atomic mass is 35.5. The average Bonchev–Trinajstić information content (AvgIpc) is 3.66. The molecule has 0 atom stereocenters. The quantitative estimate of drug-likeness (QED) is 0.237. The molecule has 0 fully saturated rings. The van der Waals surface area contributed by atoms with Crippen LogP contribution in [0.25, 0.3) is 23.0 Å². The van der Waals surface area contributed by atoms with Gasteiger partial charge >= 0.3 is 12.2 Å². The normalized spacial score (nSPS) is 13.5. The minimum atomic E-state index is -0.737. The number of carbonyl (C=O) groups excluding carboxylic acids is 3. The van der Waals surface area contributed by atoms with Gasteiger partial charge in [-0.1, -0.05) is 11.6 Å². The van der Waals surface area contributed by atoms with Gasteiger partial charge < -0.3 is 19.8 Å². The first-order valence-corrected chi connectivity index (χ1v) is 13.3. The number of nitrogens with zero attached hydrogens (tertiary/aromatic N) is 5. The number of tetrazole rings is 1. The Morgan fingerprint density at radius 2 is 2.05 bits per heavy atom. The fourth-order valence-electron chi connectivity index (χ4n) is 4.35. The van der Waals surface area contributed by atoms with E-state index < -0.39 is 18.1 Å². The monoisotopic (exact) mass is 591 g/mol. The summed E-state index contributed by atoms with van der Waals surface area (Å²) in [6.07, 6.45) is 7.62. The van der Waals surface area contributed by atoms with Crippen molar-refractivity contribution in [2.75, 3.05) is 29.7 Å². The number of amides is 3. The number of hydrogen-bond acceptors (Lipinski definition) is 9. The highest BCUT2D eigenvalue weighted by Gasteiger charge is 2.20. The number of methoxy groups -OCH3 is 1. The molecule has 0 aliphatic carbocycles. The molecule has 5 rings (SSSR count). The van der Waals surface area contributed by atoms with Gasteiger partial charge in [0.05, 0.1) is 42.7 Å². The first kappa shape index (κ1) is 28.3. The van der Waals surface area contributed by atoms with Crippen molar-refractivity contribution in [2.24, 2.45) is 0 Å². The molecule has 0 radical (unpaired) electrons. The van der Waals surface area contributed by atoms with Crippen LogP contribution >= 0.6 is 11.6 Å². The van der Waals surface area contributed by atoms with Crippen molar-refractivity contribution in [3.05, 3.63) is 65.3 Å². The second kappa shape index (κ2) is 13.0. The molecule has 216 valence electrons. The van der Waals surface area contributed by atoms with Crippen molar-refractivity contribution in [1.29, 1.82) is 0 Å². The van der Waals surface area contributed by atoms with E-state index in [4.69, 9.17) is 21.1 Å². The van der Waals surface area contributed by atoms with Crippen LogP contribution in [0, 0.1) is 0 Å². The summed E-state index contributed by atoms with van der Waals surface area (Å²) in [6.45, 7) is 0.244. The lowest BCUT2D eigenvalue weighted by atomic mass is 10.1. The van der Waals surface area contributed by atoms with Crippen LogP contribution in [0.1, 0.15) is 30.7 Å². The van der Waals surface area contributed by atoms with Crippen LogP contribution < -0.4 is 16.0 Å². The number of aryl methyl sites for hydroxylation is 1. The summed E-state index contributed by atoms with van der Waals surface area (Å²) in [7, 11) is 1.22. The van der Waals surface area contributed by atoms with Crippen LogP contribution in [0.5, 0.6) is 0 Å². The predicted molar refractivity (Wildman–Crippen MR) is 154 cm³/mol. The Morgan fingerprint density at radius 3 is 2.86 bits per heavy atom. The maximum Gasteiger partial charge on any atom is 0.411 e. The number of anilines is 3. The minimum Gasteiger partial charge on any atom is -0.453 e. The molecule has 42 heavy (non-hydrogen) atoms. The molecule has 2 aromatic heterocycles. The minimum absolute atomic E-state index is 0.244. The van der Waals surface area contributed by atoms with Crippen LogP contribution in [0.3, 0.4) is 0 Å². The fraction of sp³-hybridized carbons (Fsp3) is 0.222. The van der Waals surface area contributed by atoms with Crippen molar-refractivity contribution < 1.29 is 23.9 Å². The second-order valence-electron chi connectivity index (χ2n) is 9.16. The Balaban J connectivity index is 1.53. The fourth-order valence-corrected chi connectivity index (χ4v) is 4.53. The van der Waals surface area contributed by atoms with E-state index in [2.05, 4.69) is 41.4 Å². The van der Waals surface area contributed by atoms with Gasteiger partial charge in [0.2, 0.25) is 5.91 Å². The number of fused-ring (bicyclic) bond motifs is 4. The Bertz CT molecular complexity index is 1630. The summed E-state index contributed by atoms with van der Waals surface area (Å²) in [5.41, 5.74) is 2.94. The van der Waals surface area contributed by atoms with Gasteiger partial charge in [0.25, 0.3) is 0 Å². The number of rotatable bonds is 5. The number of carbonyl (C=O) groups is 3. The van der Waals surface area contributed by atoms with Crippen molar-refractivity contribution in [3.63, 3.8) is 0 Å². The average molecular weight is 592 g/mol. The number of hydrogen-bond donors (Lipinski definition) is 4. The van der Waals surface area contributed by atoms with E-state index in [0.717, 1.165) is 18.7 Å². The second-order valence-corrected chi connectivity index (χ2v) is 9.59. The molecule has 2 aromatic carbocycles. The number of cyclic esters (lactones) is 1. The first-order chi connectivity index (χ1) is 20.4. The van der Waals surface area contributed by atoms with Gasteiger partial charge in [-0.3, -0.25) is 15.4 Å². The Hall–Kier alpha value is -5.24. The lowest BCUT2D eigenvalue weighted by molar-refractivity contribution is -0.111. The molecule has 4 N–H and O–H groups in total. The number of halogens is 1. The van der Waals surface area contributed by atoms with Gasteiger partial charge in [0, 0.05) is 34.3 Å². The van der Waals surface area contributed by atoms with Gasteiger partial charge in [0.15, 0.2) is 0 Å². The third-order valence-electron chi connectivity index (χ3n) is 6.25. The number of aromatic nitrogens is 6. The smallest absolute Gasteiger partial charge is 0.411 e. The van der Waals surface area contributed by atoms with Crippen LogP contribution in [-0.2, 0) is 20.7 Å². The summed E-state index contributed by atoms with van der Waals surface area (Å²) in [6, 6.07) is 8.14. The van der Waals surface area contributed by atoms with Crippen molar-refractivity contribution in [1.82, 2.24) is 30.2 Å². The van der Waals surface area contributed by atoms with E-state index >= 15 is 0 Å². The van der Waals surface area contributed by atoms with Crippen molar-refractivity contribution in [3.8, 4) is 16.9 Å². The zero-order valence-electron chi connectivity index (χ0n) is 22.4. The summed E-state index contributed by atoms with van der Waals surface area (Å²) in [5, 5.41) is 19.8. The number of nitrogens with one attached hydrogen (secondary N) is 4. The van der Waals surface area contributed by atoms with Crippen LogP contribution in [0.4, 0.5) is 26.7 Å². The molecule has 0 saturated heterocycles. The first-order valence-electron chi connectivity index (χ1n) is 12.9. The topological polar surface area (TPSA) is 178 Å². The number of benzene rings is 2. The molecule has 0 unspecified atom stereocenters. The lowest BCUT2D eigenvalue weighted by Gasteiger charge is -2.17. The Morgan fingerprint density at radius 1 is 1.17 bits per heavy atom. The van der Waals surface area contributed by atoms with E-state index in [-0.39, 0.29) is 23.7 Å². The maximum absolute atomic E-state index is 13.3. The zero-order chi connectivity index (χ0) is 29.5. The highest BCUT2D eigenvalue weighted by Crippen LogP contribution is 2.38. The SMILES string of the molecule is COC(=O)Nc1cc(NC(=O)C=Cc2cc(Cl)ccc2-n2cnnn2)c2c(c1)NC(=O)OCCCCCc1ncc-2[nH]1. The number of aromatic amines is 1. The van der Waals surface area contributed by atoms with E-state index in [1.807, 2.05) is 0 Å². The van der Waals surface area contributed by atoms with Gasteiger partial charge in [-0.05, 0) is 66.1 Å². The molecule has 1 aliphatic heterocycles. The zero-order valence-corrected chi connectivity index (χ0v) is 23.1. The molecule has 2 bridgehead atoms. The van der Waals surface area contributed by atoms with E-state index in [0.29, 0.717) is 40.4 Å². The summed E-state index contributed by atoms with van der Waals surface area (Å²) < 4.78 is 11.5. The molecule has 1 aliphatic rings. The van der Waals surface area contributed by atoms with E-state index in [1.54, 1.807) is 36.5 Å². The van der Waals surface area contributed by atoms with E-state index in [9.17, 15) is 14.4 Å². The predicted octanol–water partition coefficient (Wildman–Crippen LogP) is 4.81. The lowest BCUT2D eigenvalue weighted by Crippen LogP contribution is -2.18. The molecule has 0 spiro atoms. The molecule has 3 amide bonds. The molecule has 0 saturated carbocycles. The Labute approximate surface area is 244 Å². The van der Waals surface area contributed by atoms with Gasteiger partial charge in [-0.2, -0.15) is 4.68 Å². The molecule has 15 heteroatoms. The standard InChI is InChI=1S/C27H26ClN9O5/c1-41-26(39)31-18-12-19(33-24(38)9-6-16-11-17(28)7-8-22(16)37-15-30-35-36-37)25-20(13-18)34-27(40)42-10-4-2-3-5-23-29-14-21(25)32-23/h6-9,11-15H,2-5,10H2,1H3,(H,29,32)(H,31,39)(H,33,38)(H,34,40). The molecular weight excluding hydrogens is 566 g/mol. The summed E-state index contributed by atoms with van der Waals surface area (Å²) in [5.74, 6) is 0.243. The molecular formula is C27H26ClN9O5. The van der Waals surface area contributed by atoms with Crippen LogP contribution in [-0.4, -0.2) is 62.0 Å². The number of H-pyrrole nitrogens is 1. The third kappa shape index (κ3) is 6.90. The number of ether oxygens (including phenoxy) is 2. The maximum atomic E-state index is 13.3. The van der Waals surface area contributed by atoms with Gasteiger partial charge in [-0.25, -0.2) is 14.6 Å². The summed E-state index contributed by atoms with van der Waals surface area (Å²) >= 11 is 6.20. The molecule has 3 heterocycles. The molecule has 4 aromatic rings. The van der Waals surface area contributed by atoms with Gasteiger partial charge in [-0.15, -0.1) is 5.10 Å². The number of imidazole rings is 1. The summed E-state index contributed by atoms with van der Waals surface area (Å²) in [4.78, 5) is 45.7. The third-order valence-corrected chi connectivity index (χ3v) is 6.49. The van der Waals surface area contributed by atoms with Crippen LogP contribution in [0.15, 0.2) is 48.9 Å². The Kier molecular flexibility index (Phi) is 8.72. The van der Waals surface area contributed by atoms with Crippen LogP contribution in [0.2, 0.25) is 5.02 Å². The molecule has 14 nitrogen and oxygen atoms in total. The van der Waals surface area contributed by atoms with Crippen molar-refractivity contribution in [2.45, 2.75) is 25.7 Å². The largest absolute Gasteiger partial charge is 0.453 e.